The molecule has 3 unspecified atom stereocenters. The molecule has 5 aliphatic rings. The summed E-state index contributed by atoms with van der Waals surface area (Å²) in [7, 11) is 0. The second kappa shape index (κ2) is 7.58. The Morgan fingerprint density at radius 3 is 2.77 bits per heavy atom. The average Bonchev–Trinajstić information content (AvgIpc) is 3.06. The van der Waals surface area contributed by atoms with Crippen LogP contribution in [-0.4, -0.2) is 65.7 Å². The lowest BCUT2D eigenvalue weighted by molar-refractivity contribution is -0.152. The van der Waals surface area contributed by atoms with Gasteiger partial charge < -0.3 is 20.7 Å². The van der Waals surface area contributed by atoms with Crippen molar-refractivity contribution in [3.05, 3.63) is 29.0 Å². The van der Waals surface area contributed by atoms with E-state index >= 15 is 0 Å². The summed E-state index contributed by atoms with van der Waals surface area (Å²) in [5.74, 6) is -0.554. The zero-order valence-electron chi connectivity index (χ0n) is 17.3. The van der Waals surface area contributed by atoms with Crippen molar-refractivity contribution in [2.24, 2.45) is 0 Å². The normalized spacial score (nSPS) is 36.0. The first-order valence-corrected chi connectivity index (χ1v) is 11.1. The molecule has 2 aliphatic heterocycles. The number of hydrazine groups is 1. The molecule has 2 heterocycles. The number of ether oxygens (including phenoxy) is 1. The molecule has 1 aromatic carbocycles. The Bertz CT molecular complexity index is 895. The van der Waals surface area contributed by atoms with Crippen LogP contribution >= 0.6 is 11.6 Å². The molecular formula is C21H27ClFN5O3. The van der Waals surface area contributed by atoms with Crippen molar-refractivity contribution in [2.75, 3.05) is 19.7 Å². The molecule has 2 bridgehead atoms. The summed E-state index contributed by atoms with van der Waals surface area (Å²) in [4.78, 5) is 25.2. The van der Waals surface area contributed by atoms with Crippen LogP contribution in [-0.2, 0) is 9.59 Å². The maximum atomic E-state index is 13.5. The fourth-order valence-corrected chi connectivity index (χ4v) is 5.77. The number of rotatable bonds is 6. The summed E-state index contributed by atoms with van der Waals surface area (Å²) < 4.78 is 18.8. The summed E-state index contributed by atoms with van der Waals surface area (Å²) in [6.07, 6.45) is 3.12. The topological polar surface area (TPSA) is 94.7 Å². The minimum atomic E-state index is -0.588. The number of amides is 2. The molecule has 3 aliphatic carbocycles. The van der Waals surface area contributed by atoms with Gasteiger partial charge in [0.2, 0.25) is 5.91 Å². The molecule has 1 aromatic rings. The van der Waals surface area contributed by atoms with Crippen molar-refractivity contribution in [1.29, 1.82) is 0 Å². The van der Waals surface area contributed by atoms with E-state index in [0.717, 1.165) is 44.8 Å². The van der Waals surface area contributed by atoms with Crippen molar-refractivity contribution < 1.29 is 18.7 Å². The SMILES string of the molecule is CC1CC2C(C(=O)NC34CC(NC(=O)COc5ccc(Cl)c(F)c5)(C3)C4)NCCN2N1. The summed E-state index contributed by atoms with van der Waals surface area (Å²) in [5.41, 5.74) is 2.94. The Labute approximate surface area is 185 Å². The van der Waals surface area contributed by atoms with E-state index in [1.165, 1.54) is 12.1 Å². The molecule has 8 nitrogen and oxygen atoms in total. The first kappa shape index (κ1) is 20.9. The molecule has 5 fully saturated rings. The smallest absolute Gasteiger partial charge is 0.258 e. The van der Waals surface area contributed by atoms with E-state index in [1.54, 1.807) is 0 Å². The molecule has 0 aromatic heterocycles. The van der Waals surface area contributed by atoms with Gasteiger partial charge in [0.1, 0.15) is 17.6 Å². The predicted molar refractivity (Wildman–Crippen MR) is 112 cm³/mol. The Kier molecular flexibility index (Phi) is 5.12. The van der Waals surface area contributed by atoms with E-state index in [4.69, 9.17) is 16.3 Å². The zero-order chi connectivity index (χ0) is 21.8. The fraction of sp³-hybridized carbons (Fsp3) is 0.619. The highest BCUT2D eigenvalue weighted by Crippen LogP contribution is 2.60. The van der Waals surface area contributed by atoms with E-state index in [0.29, 0.717) is 6.04 Å². The van der Waals surface area contributed by atoms with Crippen LogP contribution in [0.1, 0.15) is 32.6 Å². The molecule has 31 heavy (non-hydrogen) atoms. The third-order valence-electron chi connectivity index (χ3n) is 6.85. The van der Waals surface area contributed by atoms with Gasteiger partial charge in [-0.2, -0.15) is 0 Å². The molecule has 6 rings (SSSR count). The lowest BCUT2D eigenvalue weighted by Crippen LogP contribution is -2.84. The molecule has 2 saturated heterocycles. The number of nitrogens with one attached hydrogen (secondary N) is 4. The molecule has 0 radical (unpaired) electrons. The van der Waals surface area contributed by atoms with Gasteiger partial charge in [-0.3, -0.25) is 15.0 Å². The van der Waals surface area contributed by atoms with Crippen LogP contribution in [0.4, 0.5) is 4.39 Å². The highest BCUT2D eigenvalue weighted by molar-refractivity contribution is 6.30. The largest absolute Gasteiger partial charge is 0.484 e. The van der Waals surface area contributed by atoms with Gasteiger partial charge in [0.05, 0.1) is 11.1 Å². The third kappa shape index (κ3) is 3.88. The minimum Gasteiger partial charge on any atom is -0.484 e. The summed E-state index contributed by atoms with van der Waals surface area (Å²) in [6.45, 7) is 3.60. The number of fused-ring (bicyclic) bond motifs is 1. The first-order valence-electron chi connectivity index (χ1n) is 10.7. The average molecular weight is 452 g/mol. The van der Waals surface area contributed by atoms with Crippen LogP contribution in [0.5, 0.6) is 5.75 Å². The second-order valence-electron chi connectivity index (χ2n) is 9.45. The van der Waals surface area contributed by atoms with Crippen LogP contribution < -0.4 is 26.1 Å². The van der Waals surface area contributed by atoms with E-state index in [1.807, 2.05) is 0 Å². The number of halogens is 2. The maximum Gasteiger partial charge on any atom is 0.258 e. The Morgan fingerprint density at radius 1 is 1.29 bits per heavy atom. The molecule has 168 valence electrons. The van der Waals surface area contributed by atoms with Gasteiger partial charge in [0, 0.05) is 36.3 Å². The van der Waals surface area contributed by atoms with Gasteiger partial charge >= 0.3 is 0 Å². The molecule has 4 N–H and O–H groups in total. The molecule has 10 heteroatoms. The predicted octanol–water partition coefficient (Wildman–Crippen LogP) is 0.705. The first-order chi connectivity index (χ1) is 14.8. The van der Waals surface area contributed by atoms with Crippen LogP contribution in [0.3, 0.4) is 0 Å². The monoisotopic (exact) mass is 451 g/mol. The zero-order valence-corrected chi connectivity index (χ0v) is 18.1. The number of carbonyl (C=O) groups excluding carboxylic acids is 2. The van der Waals surface area contributed by atoms with Crippen molar-refractivity contribution in [3.63, 3.8) is 0 Å². The lowest BCUT2D eigenvalue weighted by atomic mass is 9.44. The number of nitrogens with zero attached hydrogens (tertiary/aromatic N) is 1. The molecule has 0 spiro atoms. The van der Waals surface area contributed by atoms with Gasteiger partial charge in [-0.15, -0.1) is 0 Å². The number of hydrogen-bond donors (Lipinski definition) is 4. The van der Waals surface area contributed by atoms with Gasteiger partial charge in [-0.05, 0) is 44.7 Å². The summed E-state index contributed by atoms with van der Waals surface area (Å²) >= 11 is 5.64. The lowest BCUT2D eigenvalue weighted by Gasteiger charge is -2.70. The van der Waals surface area contributed by atoms with Crippen LogP contribution in [0, 0.1) is 5.82 Å². The molecule has 3 saturated carbocycles. The third-order valence-corrected chi connectivity index (χ3v) is 7.16. The fourth-order valence-electron chi connectivity index (χ4n) is 5.65. The van der Waals surface area contributed by atoms with E-state index in [2.05, 4.69) is 33.3 Å². The van der Waals surface area contributed by atoms with E-state index in [-0.39, 0.29) is 52.4 Å². The Morgan fingerprint density at radius 2 is 2.03 bits per heavy atom. The van der Waals surface area contributed by atoms with Crippen LogP contribution in [0.2, 0.25) is 5.02 Å². The minimum absolute atomic E-state index is 0.00727. The number of benzene rings is 1. The second-order valence-corrected chi connectivity index (χ2v) is 9.86. The maximum absolute atomic E-state index is 13.5. The van der Waals surface area contributed by atoms with E-state index < -0.39 is 5.82 Å². The van der Waals surface area contributed by atoms with Crippen LogP contribution in [0.15, 0.2) is 18.2 Å². The van der Waals surface area contributed by atoms with Crippen molar-refractivity contribution in [2.45, 2.75) is 61.8 Å². The van der Waals surface area contributed by atoms with Gasteiger partial charge in [0.25, 0.3) is 5.91 Å². The van der Waals surface area contributed by atoms with Crippen molar-refractivity contribution in [1.82, 2.24) is 26.4 Å². The molecule has 2 amide bonds. The standard InChI is InChI=1S/C21H27ClFN5O3/c1-12-6-16-18(24-4-5-28(16)27-12)19(30)26-21-9-20(10-21,11-21)25-17(29)8-31-13-2-3-14(22)15(23)7-13/h2-3,7,12,16,18,24,27H,4-6,8-11H2,1H3,(H,25,29)(H,26,30). The van der Waals surface area contributed by atoms with Crippen LogP contribution in [0.25, 0.3) is 0 Å². The molecular weight excluding hydrogens is 425 g/mol. The Hall–Kier alpha value is -1.94. The Balaban J connectivity index is 1.08. The van der Waals surface area contributed by atoms with Crippen molar-refractivity contribution in [3.8, 4) is 5.75 Å². The van der Waals surface area contributed by atoms with Gasteiger partial charge in [0.15, 0.2) is 6.61 Å². The number of hydrogen-bond acceptors (Lipinski definition) is 6. The quantitative estimate of drug-likeness (QED) is 0.509. The summed E-state index contributed by atoms with van der Waals surface area (Å²) in [5, 5.41) is 11.8. The van der Waals surface area contributed by atoms with Gasteiger partial charge in [-0.1, -0.05) is 11.6 Å². The van der Waals surface area contributed by atoms with E-state index in [9.17, 15) is 14.0 Å². The molecule has 3 atom stereocenters. The van der Waals surface area contributed by atoms with Gasteiger partial charge in [-0.25, -0.2) is 9.40 Å². The summed E-state index contributed by atoms with van der Waals surface area (Å²) in [6, 6.07) is 4.38. The number of carbonyl (C=O) groups is 2. The highest BCUT2D eigenvalue weighted by atomic mass is 35.5. The van der Waals surface area contributed by atoms with Crippen molar-refractivity contribution >= 4 is 23.4 Å². The highest BCUT2D eigenvalue weighted by Gasteiger charge is 2.69. The number of piperazine rings is 1.